The number of rotatable bonds is 6. The fraction of sp³-hybridized carbons (Fsp3) is 0.176. The summed E-state index contributed by atoms with van der Waals surface area (Å²) in [6.45, 7) is 0.659. The summed E-state index contributed by atoms with van der Waals surface area (Å²) < 4.78 is 18.2. The zero-order valence-corrected chi connectivity index (χ0v) is 13.2. The first-order valence-electron chi connectivity index (χ1n) is 7.26. The van der Waals surface area contributed by atoms with E-state index in [4.69, 9.17) is 10.5 Å². The number of hydrogen-bond donors (Lipinski definition) is 2. The molecule has 3 N–H and O–H groups in total. The van der Waals surface area contributed by atoms with Crippen LogP contribution in [0.1, 0.15) is 10.4 Å². The second-order valence-electron chi connectivity index (χ2n) is 5.10. The molecule has 126 valence electrons. The van der Waals surface area contributed by atoms with E-state index in [2.05, 4.69) is 5.32 Å². The number of amides is 3. The molecule has 0 aliphatic rings. The molecule has 0 unspecified atom stereocenters. The van der Waals surface area contributed by atoms with Gasteiger partial charge in [-0.3, -0.25) is 4.79 Å². The van der Waals surface area contributed by atoms with Crippen molar-refractivity contribution in [3.63, 3.8) is 0 Å². The van der Waals surface area contributed by atoms with Crippen LogP contribution in [0.4, 0.5) is 14.9 Å². The monoisotopic (exact) mass is 331 g/mol. The molecule has 0 aromatic heterocycles. The van der Waals surface area contributed by atoms with Crippen LogP contribution in [0.2, 0.25) is 0 Å². The summed E-state index contributed by atoms with van der Waals surface area (Å²) in [6, 6.07) is 11.4. The molecular weight excluding hydrogens is 313 g/mol. The molecule has 0 aliphatic carbocycles. The number of ether oxygens (including phenoxy) is 1. The fourth-order valence-corrected chi connectivity index (χ4v) is 1.99. The Kier molecular flexibility index (Phi) is 5.73. The SMILES string of the molecule is CN(CCOc1ccc(F)cc1)C(=O)c1ccc(NC(N)=O)cc1. The van der Waals surface area contributed by atoms with E-state index < -0.39 is 6.03 Å². The molecule has 0 saturated heterocycles. The van der Waals surface area contributed by atoms with Crippen molar-refractivity contribution in [1.82, 2.24) is 4.90 Å². The highest BCUT2D eigenvalue weighted by molar-refractivity contribution is 5.95. The number of hydrogen-bond acceptors (Lipinski definition) is 3. The Morgan fingerprint density at radius 1 is 1.12 bits per heavy atom. The van der Waals surface area contributed by atoms with E-state index in [1.54, 1.807) is 31.3 Å². The van der Waals surface area contributed by atoms with Crippen LogP contribution in [0.15, 0.2) is 48.5 Å². The molecule has 0 atom stereocenters. The summed E-state index contributed by atoms with van der Waals surface area (Å²) in [6.07, 6.45) is 0. The Morgan fingerprint density at radius 3 is 2.33 bits per heavy atom. The minimum atomic E-state index is -0.663. The van der Waals surface area contributed by atoms with Gasteiger partial charge in [-0.25, -0.2) is 9.18 Å². The molecule has 0 bridgehead atoms. The fourth-order valence-electron chi connectivity index (χ4n) is 1.99. The van der Waals surface area contributed by atoms with Gasteiger partial charge in [-0.2, -0.15) is 0 Å². The minimum Gasteiger partial charge on any atom is -0.492 e. The summed E-state index contributed by atoms with van der Waals surface area (Å²) in [7, 11) is 1.66. The molecule has 24 heavy (non-hydrogen) atoms. The van der Waals surface area contributed by atoms with Crippen molar-refractivity contribution in [2.45, 2.75) is 0 Å². The number of anilines is 1. The Bertz CT molecular complexity index is 702. The van der Waals surface area contributed by atoms with Crippen molar-refractivity contribution >= 4 is 17.6 Å². The molecule has 0 saturated carbocycles. The van der Waals surface area contributed by atoms with Gasteiger partial charge in [-0.15, -0.1) is 0 Å². The zero-order chi connectivity index (χ0) is 17.5. The van der Waals surface area contributed by atoms with E-state index in [0.717, 1.165) is 0 Å². The maximum absolute atomic E-state index is 12.8. The largest absolute Gasteiger partial charge is 0.492 e. The molecule has 3 amide bonds. The highest BCUT2D eigenvalue weighted by atomic mass is 19.1. The van der Waals surface area contributed by atoms with Crippen LogP contribution >= 0.6 is 0 Å². The van der Waals surface area contributed by atoms with E-state index in [9.17, 15) is 14.0 Å². The number of nitrogens with zero attached hydrogens (tertiary/aromatic N) is 1. The molecule has 0 spiro atoms. The van der Waals surface area contributed by atoms with Crippen LogP contribution in [-0.2, 0) is 0 Å². The van der Waals surface area contributed by atoms with Crippen molar-refractivity contribution in [2.24, 2.45) is 5.73 Å². The normalized spacial score (nSPS) is 10.1. The van der Waals surface area contributed by atoms with Crippen molar-refractivity contribution < 1.29 is 18.7 Å². The van der Waals surface area contributed by atoms with Crippen LogP contribution in [0.25, 0.3) is 0 Å². The van der Waals surface area contributed by atoms with E-state index >= 15 is 0 Å². The molecule has 2 aromatic rings. The maximum atomic E-state index is 12.8. The standard InChI is InChI=1S/C17H18FN3O3/c1-21(10-11-24-15-8-4-13(18)5-9-15)16(22)12-2-6-14(7-3-12)20-17(19)23/h2-9H,10-11H2,1H3,(H3,19,20,23). The average Bonchev–Trinajstić information content (AvgIpc) is 2.56. The summed E-state index contributed by atoms with van der Waals surface area (Å²) in [5.74, 6) is 0.0337. The number of urea groups is 1. The van der Waals surface area contributed by atoms with E-state index in [0.29, 0.717) is 23.5 Å². The van der Waals surface area contributed by atoms with E-state index in [-0.39, 0.29) is 18.3 Å². The molecule has 0 fully saturated rings. The van der Waals surface area contributed by atoms with Crippen molar-refractivity contribution in [1.29, 1.82) is 0 Å². The summed E-state index contributed by atoms with van der Waals surface area (Å²) in [5, 5.41) is 2.42. The Hall–Kier alpha value is -3.09. The van der Waals surface area contributed by atoms with Gasteiger partial charge in [0, 0.05) is 18.3 Å². The molecule has 0 heterocycles. The van der Waals surface area contributed by atoms with Crippen LogP contribution in [0.3, 0.4) is 0 Å². The first kappa shape index (κ1) is 17.3. The maximum Gasteiger partial charge on any atom is 0.316 e. The van der Waals surface area contributed by atoms with Gasteiger partial charge in [0.2, 0.25) is 0 Å². The van der Waals surface area contributed by atoms with Gasteiger partial charge in [0.25, 0.3) is 5.91 Å². The zero-order valence-electron chi connectivity index (χ0n) is 13.2. The Balaban J connectivity index is 1.85. The second-order valence-corrected chi connectivity index (χ2v) is 5.10. The lowest BCUT2D eigenvalue weighted by atomic mass is 10.2. The van der Waals surface area contributed by atoms with Gasteiger partial charge < -0.3 is 20.7 Å². The lowest BCUT2D eigenvalue weighted by Gasteiger charge is -2.17. The quantitative estimate of drug-likeness (QED) is 0.853. The van der Waals surface area contributed by atoms with Gasteiger partial charge in [-0.05, 0) is 48.5 Å². The first-order chi connectivity index (χ1) is 11.5. The number of carbonyl (C=O) groups is 2. The number of nitrogens with one attached hydrogen (secondary N) is 1. The third kappa shape index (κ3) is 4.98. The van der Waals surface area contributed by atoms with Crippen LogP contribution in [-0.4, -0.2) is 37.0 Å². The molecular formula is C17H18FN3O3. The van der Waals surface area contributed by atoms with Gasteiger partial charge in [0.15, 0.2) is 0 Å². The van der Waals surface area contributed by atoms with Gasteiger partial charge in [0.1, 0.15) is 18.2 Å². The highest BCUT2D eigenvalue weighted by Gasteiger charge is 2.11. The number of nitrogens with two attached hydrogens (primary N) is 1. The molecule has 2 rings (SSSR count). The lowest BCUT2D eigenvalue weighted by Crippen LogP contribution is -2.30. The number of primary amides is 1. The lowest BCUT2D eigenvalue weighted by molar-refractivity contribution is 0.0774. The van der Waals surface area contributed by atoms with E-state index in [1.807, 2.05) is 0 Å². The smallest absolute Gasteiger partial charge is 0.316 e. The van der Waals surface area contributed by atoms with E-state index in [1.165, 1.54) is 29.2 Å². The summed E-state index contributed by atoms with van der Waals surface area (Å²) in [4.78, 5) is 24.5. The molecule has 0 aliphatic heterocycles. The van der Waals surface area contributed by atoms with Crippen molar-refractivity contribution in [2.75, 3.05) is 25.5 Å². The highest BCUT2D eigenvalue weighted by Crippen LogP contribution is 2.12. The number of benzene rings is 2. The Morgan fingerprint density at radius 2 is 1.75 bits per heavy atom. The average molecular weight is 331 g/mol. The van der Waals surface area contributed by atoms with Crippen molar-refractivity contribution in [3.8, 4) is 5.75 Å². The number of carbonyl (C=O) groups excluding carboxylic acids is 2. The first-order valence-corrected chi connectivity index (χ1v) is 7.26. The number of halogens is 1. The summed E-state index contributed by atoms with van der Waals surface area (Å²) >= 11 is 0. The number of likely N-dealkylation sites (N-methyl/N-ethyl adjacent to an activating group) is 1. The van der Waals surface area contributed by atoms with Gasteiger partial charge in [-0.1, -0.05) is 0 Å². The molecule has 2 aromatic carbocycles. The minimum absolute atomic E-state index is 0.177. The predicted octanol–water partition coefficient (Wildman–Crippen LogP) is 2.47. The van der Waals surface area contributed by atoms with Gasteiger partial charge in [0.05, 0.1) is 6.54 Å². The van der Waals surface area contributed by atoms with Crippen LogP contribution in [0.5, 0.6) is 5.75 Å². The molecule has 7 heteroatoms. The Labute approximate surface area is 139 Å². The topological polar surface area (TPSA) is 84.7 Å². The van der Waals surface area contributed by atoms with Crippen molar-refractivity contribution in [3.05, 3.63) is 59.9 Å². The second kappa shape index (κ2) is 7.96. The predicted molar refractivity (Wildman–Crippen MR) is 88.5 cm³/mol. The third-order valence-electron chi connectivity index (χ3n) is 3.26. The van der Waals surface area contributed by atoms with Crippen LogP contribution < -0.4 is 15.8 Å². The summed E-state index contributed by atoms with van der Waals surface area (Å²) in [5.41, 5.74) is 6.02. The molecule has 6 nitrogen and oxygen atoms in total. The van der Waals surface area contributed by atoms with Gasteiger partial charge >= 0.3 is 6.03 Å². The molecule has 0 radical (unpaired) electrons. The third-order valence-corrected chi connectivity index (χ3v) is 3.26. The van der Waals surface area contributed by atoms with Crippen LogP contribution in [0, 0.1) is 5.82 Å².